The molecule has 0 heterocycles. The van der Waals surface area contributed by atoms with Crippen molar-refractivity contribution in [3.63, 3.8) is 0 Å². The highest BCUT2D eigenvalue weighted by molar-refractivity contribution is 6.32. The molecule has 0 aromatic heterocycles. The summed E-state index contributed by atoms with van der Waals surface area (Å²) in [5.74, 6) is 1.92. The molecule has 6 heteroatoms. The van der Waals surface area contributed by atoms with Crippen molar-refractivity contribution in [1.82, 2.24) is 5.32 Å². The zero-order chi connectivity index (χ0) is 17.4. The first kappa shape index (κ1) is 18.7. The van der Waals surface area contributed by atoms with Crippen LogP contribution in [0.5, 0.6) is 17.2 Å². The maximum atomic E-state index is 6.33. The van der Waals surface area contributed by atoms with Gasteiger partial charge in [0.05, 0.1) is 11.6 Å². The lowest BCUT2D eigenvalue weighted by molar-refractivity contribution is 0.208. The molecule has 2 rings (SSSR count). The monoisotopic (exact) mass is 369 g/mol. The fraction of sp³-hybridized carbons (Fsp3) is 0.333. The van der Waals surface area contributed by atoms with E-state index in [1.165, 1.54) is 0 Å². The Morgan fingerprint density at radius 2 is 1.67 bits per heavy atom. The smallest absolute Gasteiger partial charge is 0.179 e. The summed E-state index contributed by atoms with van der Waals surface area (Å²) in [7, 11) is 1.88. The normalized spacial score (nSPS) is 10.5. The van der Waals surface area contributed by atoms with Gasteiger partial charge in [-0.15, -0.1) is 0 Å². The summed E-state index contributed by atoms with van der Waals surface area (Å²) in [5, 5.41) is 4.29. The van der Waals surface area contributed by atoms with Gasteiger partial charge in [-0.3, -0.25) is 0 Å². The molecular weight excluding hydrogens is 349 g/mol. The van der Waals surface area contributed by atoms with Gasteiger partial charge in [0.2, 0.25) is 0 Å². The van der Waals surface area contributed by atoms with Crippen molar-refractivity contribution in [2.75, 3.05) is 26.9 Å². The summed E-state index contributed by atoms with van der Waals surface area (Å²) in [6, 6.07) is 11.0. The standard InChI is InChI=1S/C18H21Cl2NO3/c1-3-22-17-11-13(12-21-2)10-16(20)18(17)24-9-8-23-15-6-4-14(19)5-7-15/h4-7,10-11,21H,3,8-9,12H2,1-2H3. The molecule has 0 bridgehead atoms. The van der Waals surface area contributed by atoms with Gasteiger partial charge in [0.1, 0.15) is 19.0 Å². The van der Waals surface area contributed by atoms with Gasteiger partial charge in [-0.25, -0.2) is 0 Å². The first-order valence-electron chi connectivity index (χ1n) is 7.75. The number of benzene rings is 2. The highest BCUT2D eigenvalue weighted by atomic mass is 35.5. The predicted molar refractivity (Wildman–Crippen MR) is 97.8 cm³/mol. The number of hydrogen-bond acceptors (Lipinski definition) is 4. The van der Waals surface area contributed by atoms with Crippen LogP contribution >= 0.6 is 23.2 Å². The van der Waals surface area contributed by atoms with Crippen LogP contribution in [-0.4, -0.2) is 26.9 Å². The minimum atomic E-state index is 0.355. The number of halogens is 2. The molecule has 0 unspecified atom stereocenters. The first-order chi connectivity index (χ1) is 11.6. The van der Waals surface area contributed by atoms with Crippen LogP contribution in [0.2, 0.25) is 10.0 Å². The van der Waals surface area contributed by atoms with Crippen molar-refractivity contribution >= 4 is 23.2 Å². The Balaban J connectivity index is 1.96. The predicted octanol–water partition coefficient (Wildman–Crippen LogP) is 4.57. The summed E-state index contributed by atoms with van der Waals surface area (Å²) in [5.41, 5.74) is 1.04. The molecule has 0 radical (unpaired) electrons. The van der Waals surface area contributed by atoms with E-state index in [4.69, 9.17) is 37.4 Å². The average Bonchev–Trinajstić information content (AvgIpc) is 2.55. The van der Waals surface area contributed by atoms with E-state index in [2.05, 4.69) is 5.32 Å². The minimum Gasteiger partial charge on any atom is -0.490 e. The topological polar surface area (TPSA) is 39.7 Å². The third kappa shape index (κ3) is 5.48. The van der Waals surface area contributed by atoms with E-state index < -0.39 is 0 Å². The van der Waals surface area contributed by atoms with Crippen LogP contribution in [0.25, 0.3) is 0 Å². The summed E-state index contributed by atoms with van der Waals surface area (Å²) < 4.78 is 17.0. The van der Waals surface area contributed by atoms with Crippen LogP contribution in [0.15, 0.2) is 36.4 Å². The van der Waals surface area contributed by atoms with E-state index >= 15 is 0 Å². The van der Waals surface area contributed by atoms with Gasteiger partial charge < -0.3 is 19.5 Å². The number of rotatable bonds is 9. The van der Waals surface area contributed by atoms with E-state index in [0.29, 0.717) is 47.9 Å². The van der Waals surface area contributed by atoms with Gasteiger partial charge in [0.25, 0.3) is 0 Å². The quantitative estimate of drug-likeness (QED) is 0.657. The van der Waals surface area contributed by atoms with E-state index in [-0.39, 0.29) is 0 Å². The largest absolute Gasteiger partial charge is 0.490 e. The Kier molecular flexibility index (Phi) is 7.50. The van der Waals surface area contributed by atoms with Gasteiger partial charge in [0.15, 0.2) is 11.5 Å². The lowest BCUT2D eigenvalue weighted by Gasteiger charge is -2.15. The fourth-order valence-electron chi connectivity index (χ4n) is 2.16. The van der Waals surface area contributed by atoms with Crippen molar-refractivity contribution < 1.29 is 14.2 Å². The van der Waals surface area contributed by atoms with Crippen LogP contribution in [0.3, 0.4) is 0 Å². The Hall–Kier alpha value is -1.62. The van der Waals surface area contributed by atoms with Crippen molar-refractivity contribution in [1.29, 1.82) is 0 Å². The van der Waals surface area contributed by atoms with Gasteiger partial charge in [-0.2, -0.15) is 0 Å². The third-order valence-electron chi connectivity index (χ3n) is 3.16. The highest BCUT2D eigenvalue weighted by Gasteiger charge is 2.12. The van der Waals surface area contributed by atoms with E-state index in [9.17, 15) is 0 Å². The second kappa shape index (κ2) is 9.62. The van der Waals surface area contributed by atoms with Crippen LogP contribution in [0.1, 0.15) is 12.5 Å². The van der Waals surface area contributed by atoms with Crippen LogP contribution in [0.4, 0.5) is 0 Å². The second-order valence-electron chi connectivity index (χ2n) is 5.02. The summed E-state index contributed by atoms with van der Waals surface area (Å²) in [6.07, 6.45) is 0. The molecule has 0 aliphatic heterocycles. The zero-order valence-corrected chi connectivity index (χ0v) is 15.3. The lowest BCUT2D eigenvalue weighted by atomic mass is 10.2. The molecule has 2 aromatic rings. The molecule has 0 aliphatic rings. The third-order valence-corrected chi connectivity index (χ3v) is 3.69. The molecule has 0 amide bonds. The molecular formula is C18H21Cl2NO3. The van der Waals surface area contributed by atoms with Gasteiger partial charge >= 0.3 is 0 Å². The van der Waals surface area contributed by atoms with Crippen LogP contribution < -0.4 is 19.5 Å². The van der Waals surface area contributed by atoms with E-state index in [1.54, 1.807) is 12.1 Å². The Morgan fingerprint density at radius 3 is 2.33 bits per heavy atom. The number of ether oxygens (including phenoxy) is 3. The highest BCUT2D eigenvalue weighted by Crippen LogP contribution is 2.36. The van der Waals surface area contributed by atoms with Crippen molar-refractivity contribution in [3.8, 4) is 17.2 Å². The molecule has 0 saturated carbocycles. The van der Waals surface area contributed by atoms with Gasteiger partial charge in [-0.05, 0) is 55.9 Å². The second-order valence-corrected chi connectivity index (χ2v) is 5.86. The SMILES string of the molecule is CCOc1cc(CNC)cc(Cl)c1OCCOc1ccc(Cl)cc1. The van der Waals surface area contributed by atoms with Crippen molar-refractivity contribution in [2.45, 2.75) is 13.5 Å². The van der Waals surface area contributed by atoms with Crippen molar-refractivity contribution in [3.05, 3.63) is 52.0 Å². The Bertz CT molecular complexity index is 647. The fourth-order valence-corrected chi connectivity index (χ4v) is 2.58. The zero-order valence-electron chi connectivity index (χ0n) is 13.8. The number of hydrogen-bond donors (Lipinski definition) is 1. The maximum Gasteiger partial charge on any atom is 0.179 e. The van der Waals surface area contributed by atoms with E-state index in [0.717, 1.165) is 11.3 Å². The lowest BCUT2D eigenvalue weighted by Crippen LogP contribution is -2.11. The maximum absolute atomic E-state index is 6.33. The molecule has 24 heavy (non-hydrogen) atoms. The van der Waals surface area contributed by atoms with Gasteiger partial charge in [0, 0.05) is 11.6 Å². The Morgan fingerprint density at radius 1 is 0.958 bits per heavy atom. The molecule has 1 N–H and O–H groups in total. The molecule has 0 saturated heterocycles. The first-order valence-corrected chi connectivity index (χ1v) is 8.50. The van der Waals surface area contributed by atoms with Crippen LogP contribution in [0, 0.1) is 0 Å². The molecule has 0 aliphatic carbocycles. The molecule has 4 nitrogen and oxygen atoms in total. The Labute approximate surface area is 152 Å². The molecule has 0 fully saturated rings. The summed E-state index contributed by atoms with van der Waals surface area (Å²) in [4.78, 5) is 0. The molecule has 0 spiro atoms. The van der Waals surface area contributed by atoms with E-state index in [1.807, 2.05) is 38.2 Å². The summed E-state index contributed by atoms with van der Waals surface area (Å²) >= 11 is 12.2. The molecule has 0 atom stereocenters. The molecule has 2 aromatic carbocycles. The summed E-state index contributed by atoms with van der Waals surface area (Å²) in [6.45, 7) is 3.92. The average molecular weight is 370 g/mol. The molecule has 130 valence electrons. The minimum absolute atomic E-state index is 0.355. The van der Waals surface area contributed by atoms with Crippen molar-refractivity contribution in [2.24, 2.45) is 0 Å². The number of nitrogens with one attached hydrogen (secondary N) is 1. The van der Waals surface area contributed by atoms with Crippen LogP contribution in [-0.2, 0) is 6.54 Å². The van der Waals surface area contributed by atoms with Gasteiger partial charge in [-0.1, -0.05) is 23.2 Å².